The predicted octanol–water partition coefficient (Wildman–Crippen LogP) is 2.46. The van der Waals surface area contributed by atoms with Gasteiger partial charge in [-0.3, -0.25) is 9.69 Å². The third-order valence-electron chi connectivity index (χ3n) is 3.55. The molecule has 2 aliphatic rings. The van der Waals surface area contributed by atoms with E-state index in [0.717, 1.165) is 0 Å². The first-order valence-electron chi connectivity index (χ1n) is 6.80. The molecular weight excluding hydrogens is 275 g/mol. The van der Waals surface area contributed by atoms with Crippen LogP contribution in [0.4, 0.5) is 20.6 Å². The van der Waals surface area contributed by atoms with Gasteiger partial charge in [0, 0.05) is 19.2 Å². The van der Waals surface area contributed by atoms with Crippen molar-refractivity contribution < 1.29 is 18.7 Å². The molecule has 1 fully saturated rings. The number of amides is 1. The first-order valence-corrected chi connectivity index (χ1v) is 6.80. The Balaban J connectivity index is 1.85. The van der Waals surface area contributed by atoms with Gasteiger partial charge in [0.2, 0.25) is 0 Å². The van der Waals surface area contributed by atoms with Crippen molar-refractivity contribution in [2.75, 3.05) is 22.9 Å². The number of cyclic esters (lactones) is 1. The second-order valence-electron chi connectivity index (χ2n) is 5.17. The van der Waals surface area contributed by atoms with Gasteiger partial charge in [0.25, 0.3) is 0 Å². The van der Waals surface area contributed by atoms with Crippen LogP contribution in [0.1, 0.15) is 13.3 Å². The van der Waals surface area contributed by atoms with Crippen LogP contribution in [0.25, 0.3) is 0 Å². The molecule has 1 saturated heterocycles. The summed E-state index contributed by atoms with van der Waals surface area (Å²) in [5.74, 6) is -0.393. The number of anilines is 2. The number of rotatable bonds is 2. The Morgan fingerprint density at radius 1 is 1.33 bits per heavy atom. The normalized spacial score (nSPS) is 21.9. The van der Waals surface area contributed by atoms with Crippen molar-refractivity contribution in [1.82, 2.24) is 0 Å². The molecule has 1 aromatic carbocycles. The van der Waals surface area contributed by atoms with Crippen molar-refractivity contribution in [2.24, 2.45) is 0 Å². The highest BCUT2D eigenvalue weighted by molar-refractivity contribution is 5.92. The second kappa shape index (κ2) is 5.20. The Kier molecular flexibility index (Phi) is 3.37. The number of hydrogen-bond acceptors (Lipinski definition) is 4. The summed E-state index contributed by atoms with van der Waals surface area (Å²) in [6.07, 6.45) is 2.73. The molecule has 0 radical (unpaired) electrons. The molecule has 0 saturated carbocycles. The van der Waals surface area contributed by atoms with E-state index in [0.29, 0.717) is 30.9 Å². The van der Waals surface area contributed by atoms with Gasteiger partial charge in [-0.05, 0) is 31.2 Å². The summed E-state index contributed by atoms with van der Waals surface area (Å²) in [6, 6.07) is 4.61. The Bertz CT molecular complexity index is 629. The lowest BCUT2D eigenvalue weighted by Gasteiger charge is -2.24. The quantitative estimate of drug-likeness (QED) is 0.839. The molecule has 110 valence electrons. The van der Waals surface area contributed by atoms with Gasteiger partial charge in [0.15, 0.2) is 5.78 Å². The van der Waals surface area contributed by atoms with E-state index < -0.39 is 11.9 Å². The topological polar surface area (TPSA) is 49.9 Å². The van der Waals surface area contributed by atoms with Gasteiger partial charge >= 0.3 is 6.09 Å². The number of carbonyl (C=O) groups excluding carboxylic acids is 2. The Morgan fingerprint density at radius 3 is 2.71 bits per heavy atom. The van der Waals surface area contributed by atoms with Crippen molar-refractivity contribution in [1.29, 1.82) is 0 Å². The molecule has 3 rings (SSSR count). The van der Waals surface area contributed by atoms with Crippen LogP contribution < -0.4 is 9.80 Å². The van der Waals surface area contributed by atoms with Crippen LogP contribution in [0.3, 0.4) is 0 Å². The fourth-order valence-electron chi connectivity index (χ4n) is 2.47. The summed E-state index contributed by atoms with van der Waals surface area (Å²) < 4.78 is 19.3. The van der Waals surface area contributed by atoms with Crippen LogP contribution in [0, 0.1) is 5.82 Å². The number of benzene rings is 1. The molecule has 21 heavy (non-hydrogen) atoms. The molecule has 1 atom stereocenters. The highest BCUT2D eigenvalue weighted by Crippen LogP contribution is 2.28. The van der Waals surface area contributed by atoms with E-state index in [1.165, 1.54) is 17.0 Å². The molecule has 1 aromatic rings. The second-order valence-corrected chi connectivity index (χ2v) is 5.17. The smallest absolute Gasteiger partial charge is 0.414 e. The zero-order chi connectivity index (χ0) is 15.0. The molecule has 5 nitrogen and oxygen atoms in total. The molecule has 1 unspecified atom stereocenters. The average Bonchev–Trinajstić information content (AvgIpc) is 2.79. The molecule has 2 heterocycles. The zero-order valence-electron chi connectivity index (χ0n) is 11.6. The minimum Gasteiger partial charge on any atom is -0.444 e. The van der Waals surface area contributed by atoms with E-state index in [1.54, 1.807) is 30.2 Å². The van der Waals surface area contributed by atoms with Crippen LogP contribution in [0.2, 0.25) is 0 Å². The Hall–Kier alpha value is -2.37. The minimum absolute atomic E-state index is 0.0390. The van der Waals surface area contributed by atoms with Crippen molar-refractivity contribution in [3.05, 3.63) is 36.3 Å². The maximum atomic E-state index is 14.3. The van der Waals surface area contributed by atoms with Gasteiger partial charge in [0.1, 0.15) is 11.9 Å². The molecule has 0 spiro atoms. The minimum atomic E-state index is -0.460. The van der Waals surface area contributed by atoms with Crippen molar-refractivity contribution >= 4 is 23.3 Å². The molecule has 1 amide bonds. The summed E-state index contributed by atoms with van der Waals surface area (Å²) in [6.45, 7) is 2.66. The summed E-state index contributed by atoms with van der Waals surface area (Å²) >= 11 is 0. The van der Waals surface area contributed by atoms with Gasteiger partial charge in [-0.15, -0.1) is 0 Å². The highest BCUT2D eigenvalue weighted by atomic mass is 19.1. The molecule has 0 bridgehead atoms. The number of nitrogens with zero attached hydrogens (tertiary/aromatic N) is 2. The van der Waals surface area contributed by atoms with Crippen molar-refractivity contribution in [3.8, 4) is 0 Å². The monoisotopic (exact) mass is 290 g/mol. The molecule has 0 aromatic heterocycles. The maximum Gasteiger partial charge on any atom is 0.414 e. The van der Waals surface area contributed by atoms with Crippen LogP contribution in [0.15, 0.2) is 30.5 Å². The van der Waals surface area contributed by atoms with Crippen LogP contribution in [-0.4, -0.2) is 31.1 Å². The number of hydrogen-bond donors (Lipinski definition) is 0. The molecule has 6 heteroatoms. The standard InChI is InChI=1S/C15H15FN2O3/c1-10-9-18(15(20)21-10)11-2-3-14(13(16)8-11)17-6-4-12(19)5-7-17/h2-4,6,8,10H,5,7,9H2,1H3. The fraction of sp³-hybridized carbons (Fsp3) is 0.333. The molecular formula is C15H15FN2O3. The lowest BCUT2D eigenvalue weighted by Crippen LogP contribution is -2.26. The number of ether oxygens (including phenoxy) is 1. The molecule has 0 N–H and O–H groups in total. The SMILES string of the molecule is CC1CN(c2ccc(N3C=CC(=O)CC3)c(F)c2)C(=O)O1. The Morgan fingerprint density at radius 2 is 2.14 bits per heavy atom. The van der Waals surface area contributed by atoms with Gasteiger partial charge in [-0.2, -0.15) is 0 Å². The van der Waals surface area contributed by atoms with E-state index in [2.05, 4.69) is 0 Å². The summed E-state index contributed by atoms with van der Waals surface area (Å²) in [7, 11) is 0. The van der Waals surface area contributed by atoms with Gasteiger partial charge in [-0.1, -0.05) is 0 Å². The summed E-state index contributed by atoms with van der Waals surface area (Å²) in [4.78, 5) is 25.9. The van der Waals surface area contributed by atoms with Gasteiger partial charge in [-0.25, -0.2) is 9.18 Å². The average molecular weight is 290 g/mol. The fourth-order valence-corrected chi connectivity index (χ4v) is 2.47. The van der Waals surface area contributed by atoms with E-state index in [9.17, 15) is 14.0 Å². The highest BCUT2D eigenvalue weighted by Gasteiger charge is 2.30. The largest absolute Gasteiger partial charge is 0.444 e. The number of carbonyl (C=O) groups is 2. The first kappa shape index (κ1) is 13.6. The molecule has 2 aliphatic heterocycles. The number of ketones is 1. The van der Waals surface area contributed by atoms with E-state index in [1.807, 2.05) is 0 Å². The van der Waals surface area contributed by atoms with E-state index >= 15 is 0 Å². The number of halogens is 1. The van der Waals surface area contributed by atoms with E-state index in [4.69, 9.17) is 4.74 Å². The van der Waals surface area contributed by atoms with Crippen molar-refractivity contribution in [3.63, 3.8) is 0 Å². The first-order chi connectivity index (χ1) is 10.0. The predicted molar refractivity (Wildman–Crippen MR) is 75.8 cm³/mol. The Labute approximate surface area is 121 Å². The van der Waals surface area contributed by atoms with Gasteiger partial charge < -0.3 is 9.64 Å². The van der Waals surface area contributed by atoms with Crippen molar-refractivity contribution in [2.45, 2.75) is 19.4 Å². The maximum absolute atomic E-state index is 14.3. The van der Waals surface area contributed by atoms with Crippen LogP contribution >= 0.6 is 0 Å². The van der Waals surface area contributed by atoms with E-state index in [-0.39, 0.29) is 11.9 Å². The van der Waals surface area contributed by atoms with Gasteiger partial charge in [0.05, 0.1) is 17.9 Å². The van der Waals surface area contributed by atoms with Crippen LogP contribution in [0.5, 0.6) is 0 Å². The third kappa shape index (κ3) is 2.61. The third-order valence-corrected chi connectivity index (χ3v) is 3.55. The lowest BCUT2D eigenvalue weighted by atomic mass is 10.1. The van der Waals surface area contributed by atoms with Crippen LogP contribution in [-0.2, 0) is 9.53 Å². The lowest BCUT2D eigenvalue weighted by molar-refractivity contribution is -0.114. The molecule has 0 aliphatic carbocycles. The number of allylic oxidation sites excluding steroid dienone is 1. The zero-order valence-corrected chi connectivity index (χ0v) is 11.6. The summed E-state index contributed by atoms with van der Waals surface area (Å²) in [5.41, 5.74) is 0.866. The summed E-state index contributed by atoms with van der Waals surface area (Å²) in [5, 5.41) is 0.